The van der Waals surface area contributed by atoms with Crippen molar-refractivity contribution < 1.29 is 4.79 Å². The number of nitrogens with zero attached hydrogens (tertiary/aromatic N) is 1. The molecular formula is C19H25N3O2S. The van der Waals surface area contributed by atoms with Crippen molar-refractivity contribution in [2.24, 2.45) is 0 Å². The lowest BCUT2D eigenvalue weighted by Gasteiger charge is -2.32. The lowest BCUT2D eigenvalue weighted by molar-refractivity contribution is 0.0899. The lowest BCUT2D eigenvalue weighted by atomic mass is 10.0. The van der Waals surface area contributed by atoms with Gasteiger partial charge in [0.15, 0.2) is 0 Å². The molecule has 134 valence electrons. The fourth-order valence-corrected chi connectivity index (χ4v) is 3.95. The second kappa shape index (κ2) is 7.97. The van der Waals surface area contributed by atoms with E-state index in [1.165, 1.54) is 4.88 Å². The minimum Gasteiger partial charge on any atom is -0.348 e. The van der Waals surface area contributed by atoms with Crippen molar-refractivity contribution in [3.63, 3.8) is 0 Å². The molecule has 1 aliphatic heterocycles. The highest BCUT2D eigenvalue weighted by Crippen LogP contribution is 2.17. The van der Waals surface area contributed by atoms with Crippen molar-refractivity contribution in [1.82, 2.24) is 15.2 Å². The number of amides is 1. The van der Waals surface area contributed by atoms with Crippen molar-refractivity contribution in [2.45, 2.75) is 45.2 Å². The highest BCUT2D eigenvalue weighted by Gasteiger charge is 2.23. The molecule has 0 aliphatic carbocycles. The summed E-state index contributed by atoms with van der Waals surface area (Å²) in [5, 5.41) is 5.13. The van der Waals surface area contributed by atoms with Crippen molar-refractivity contribution >= 4 is 17.2 Å². The predicted octanol–water partition coefficient (Wildman–Crippen LogP) is 2.95. The quantitative estimate of drug-likeness (QED) is 0.863. The molecule has 0 bridgehead atoms. The molecule has 25 heavy (non-hydrogen) atoms. The zero-order valence-electron chi connectivity index (χ0n) is 14.7. The molecule has 2 N–H and O–H groups in total. The average Bonchev–Trinajstić information content (AvgIpc) is 3.07. The van der Waals surface area contributed by atoms with E-state index in [2.05, 4.69) is 32.7 Å². The van der Waals surface area contributed by atoms with Crippen LogP contribution in [0.3, 0.4) is 0 Å². The number of aromatic nitrogens is 1. The Labute approximate surface area is 152 Å². The van der Waals surface area contributed by atoms with Crippen molar-refractivity contribution in [3.8, 4) is 0 Å². The summed E-state index contributed by atoms with van der Waals surface area (Å²) in [6, 6.07) is 7.75. The molecule has 3 rings (SSSR count). The number of nitrogens with one attached hydrogen (secondary N) is 2. The highest BCUT2D eigenvalue weighted by molar-refractivity contribution is 7.09. The number of hydrogen-bond acceptors (Lipinski definition) is 4. The van der Waals surface area contributed by atoms with E-state index in [0.29, 0.717) is 0 Å². The van der Waals surface area contributed by atoms with Crippen LogP contribution >= 0.6 is 11.3 Å². The van der Waals surface area contributed by atoms with Crippen LogP contribution in [0.4, 0.5) is 0 Å². The van der Waals surface area contributed by atoms with E-state index >= 15 is 0 Å². The van der Waals surface area contributed by atoms with Crippen molar-refractivity contribution in [3.05, 3.63) is 56.1 Å². The zero-order chi connectivity index (χ0) is 17.8. The first kappa shape index (κ1) is 17.9. The van der Waals surface area contributed by atoms with Crippen LogP contribution in [0.15, 0.2) is 34.4 Å². The normalized spacial score (nSPS) is 18.4. The van der Waals surface area contributed by atoms with Crippen molar-refractivity contribution in [1.29, 1.82) is 0 Å². The van der Waals surface area contributed by atoms with Crippen LogP contribution in [0.25, 0.3) is 0 Å². The molecule has 0 spiro atoms. The molecule has 1 aliphatic rings. The van der Waals surface area contributed by atoms with Gasteiger partial charge in [0.1, 0.15) is 5.56 Å². The molecule has 0 unspecified atom stereocenters. The summed E-state index contributed by atoms with van der Waals surface area (Å²) in [6.07, 6.45) is 2.01. The minimum absolute atomic E-state index is 0.0883. The van der Waals surface area contributed by atoms with Gasteiger partial charge in [-0.3, -0.25) is 14.5 Å². The monoisotopic (exact) mass is 359 g/mol. The van der Waals surface area contributed by atoms with E-state index < -0.39 is 0 Å². The maximum Gasteiger partial charge on any atom is 0.261 e. The number of aromatic amines is 1. The second-order valence-electron chi connectivity index (χ2n) is 6.94. The number of hydrogen-bond donors (Lipinski definition) is 2. The second-order valence-corrected chi connectivity index (χ2v) is 7.97. The molecule has 2 aromatic rings. The van der Waals surface area contributed by atoms with Gasteiger partial charge in [-0.2, -0.15) is 0 Å². The van der Waals surface area contributed by atoms with Crippen molar-refractivity contribution in [2.75, 3.05) is 13.1 Å². The van der Waals surface area contributed by atoms with Gasteiger partial charge in [0.25, 0.3) is 11.5 Å². The Morgan fingerprint density at radius 2 is 2.24 bits per heavy atom. The number of rotatable bonds is 5. The van der Waals surface area contributed by atoms with E-state index in [1.807, 2.05) is 19.9 Å². The van der Waals surface area contributed by atoms with Gasteiger partial charge < -0.3 is 10.3 Å². The third kappa shape index (κ3) is 4.58. The smallest absolute Gasteiger partial charge is 0.261 e. The summed E-state index contributed by atoms with van der Waals surface area (Å²) in [5.41, 5.74) is 0.732. The Morgan fingerprint density at radius 3 is 2.92 bits per heavy atom. The van der Waals surface area contributed by atoms with Gasteiger partial charge in [-0.1, -0.05) is 19.9 Å². The van der Waals surface area contributed by atoms with Gasteiger partial charge in [0.05, 0.1) is 0 Å². The molecule has 3 heterocycles. The molecular weight excluding hydrogens is 334 g/mol. The zero-order valence-corrected chi connectivity index (χ0v) is 15.6. The number of H-pyrrole nitrogens is 1. The highest BCUT2D eigenvalue weighted by atomic mass is 32.1. The summed E-state index contributed by atoms with van der Waals surface area (Å²) >= 11 is 1.76. The maximum absolute atomic E-state index is 12.5. The lowest BCUT2D eigenvalue weighted by Crippen LogP contribution is -2.48. The molecule has 0 saturated carbocycles. The number of piperidine rings is 1. The molecule has 1 saturated heterocycles. The largest absolute Gasteiger partial charge is 0.348 e. The Bertz CT molecular complexity index is 767. The number of carbonyl (C=O) groups excluding carboxylic acids is 1. The maximum atomic E-state index is 12.5. The molecule has 1 amide bonds. The number of thiophene rings is 1. The van der Waals surface area contributed by atoms with Gasteiger partial charge in [-0.05, 0) is 48.9 Å². The Hall–Kier alpha value is -1.92. The van der Waals surface area contributed by atoms with E-state index in [-0.39, 0.29) is 29.0 Å². The number of pyridine rings is 1. The van der Waals surface area contributed by atoms with Crippen LogP contribution in [0.5, 0.6) is 0 Å². The first-order valence-electron chi connectivity index (χ1n) is 8.81. The molecule has 2 aromatic heterocycles. The fraction of sp³-hybridized carbons (Fsp3) is 0.474. The van der Waals surface area contributed by atoms with E-state index in [0.717, 1.165) is 38.2 Å². The molecule has 0 aromatic carbocycles. The summed E-state index contributed by atoms with van der Waals surface area (Å²) in [5.74, 6) is -0.0477. The van der Waals surface area contributed by atoms with Gasteiger partial charge in [0.2, 0.25) is 0 Å². The first-order valence-corrected chi connectivity index (χ1v) is 9.69. The van der Waals surface area contributed by atoms with Gasteiger partial charge in [-0.25, -0.2) is 0 Å². The standard InChI is InChI=1S/C19H25N3O2S/c1-13(2)17-8-7-16(19(24)21-17)18(23)20-14-5-3-9-22(11-14)12-15-6-4-10-25-15/h4,6-8,10,13-14H,3,5,9,11-12H2,1-2H3,(H,20,23)(H,21,24)/t14-/m0/s1. The Morgan fingerprint density at radius 1 is 1.40 bits per heavy atom. The predicted molar refractivity (Wildman–Crippen MR) is 101 cm³/mol. The molecule has 0 radical (unpaired) electrons. The Balaban J connectivity index is 1.61. The summed E-state index contributed by atoms with van der Waals surface area (Å²) in [6.45, 7) is 6.82. The van der Waals surface area contributed by atoms with Crippen LogP contribution in [0.2, 0.25) is 0 Å². The molecule has 5 nitrogen and oxygen atoms in total. The van der Waals surface area contributed by atoms with Crippen LogP contribution in [-0.2, 0) is 6.54 Å². The van der Waals surface area contributed by atoms with Gasteiger partial charge >= 0.3 is 0 Å². The van der Waals surface area contributed by atoms with E-state index in [1.54, 1.807) is 17.4 Å². The van der Waals surface area contributed by atoms with E-state index in [9.17, 15) is 9.59 Å². The third-order valence-electron chi connectivity index (χ3n) is 4.60. The Kier molecular flexibility index (Phi) is 5.71. The topological polar surface area (TPSA) is 65.2 Å². The molecule has 6 heteroatoms. The summed E-state index contributed by atoms with van der Waals surface area (Å²) in [4.78, 5) is 31.2. The average molecular weight is 359 g/mol. The number of likely N-dealkylation sites (tertiary alicyclic amines) is 1. The van der Waals surface area contributed by atoms with Crippen LogP contribution in [0.1, 0.15) is 53.5 Å². The number of carbonyl (C=O) groups is 1. The van der Waals surface area contributed by atoms with Crippen LogP contribution in [-0.4, -0.2) is 34.9 Å². The fourth-order valence-electron chi connectivity index (χ4n) is 3.21. The summed E-state index contributed by atoms with van der Waals surface area (Å²) < 4.78 is 0. The summed E-state index contributed by atoms with van der Waals surface area (Å²) in [7, 11) is 0. The third-order valence-corrected chi connectivity index (χ3v) is 5.46. The first-order chi connectivity index (χ1) is 12.0. The van der Waals surface area contributed by atoms with Gasteiger partial charge in [0, 0.05) is 29.7 Å². The molecule has 1 atom stereocenters. The van der Waals surface area contributed by atoms with Crippen LogP contribution < -0.4 is 10.9 Å². The minimum atomic E-state index is -0.310. The SMILES string of the molecule is CC(C)c1ccc(C(=O)N[C@H]2CCCN(Cc3cccs3)C2)c(=O)[nH]1. The molecule has 1 fully saturated rings. The van der Waals surface area contributed by atoms with Crippen LogP contribution in [0, 0.1) is 0 Å². The van der Waals surface area contributed by atoms with E-state index in [4.69, 9.17) is 0 Å². The van der Waals surface area contributed by atoms with Gasteiger partial charge in [-0.15, -0.1) is 11.3 Å².